The number of hydrogen-bond acceptors (Lipinski definition) is 5. The zero-order chi connectivity index (χ0) is 21.2. The molecule has 7 heteroatoms. The number of benzene rings is 2. The van der Waals surface area contributed by atoms with Crippen LogP contribution in [-0.2, 0) is 18.5 Å². The molecule has 158 valence electrons. The van der Waals surface area contributed by atoms with E-state index < -0.39 is 0 Å². The lowest BCUT2D eigenvalue weighted by molar-refractivity contribution is 0.0216. The van der Waals surface area contributed by atoms with E-state index in [2.05, 4.69) is 27.8 Å². The lowest BCUT2D eigenvalue weighted by Crippen LogP contribution is -2.37. The molecule has 2 aromatic carbocycles. The fourth-order valence-corrected chi connectivity index (χ4v) is 3.99. The second-order valence-corrected chi connectivity index (χ2v) is 7.73. The molecule has 0 unspecified atom stereocenters. The van der Waals surface area contributed by atoms with Gasteiger partial charge in [-0.2, -0.15) is 0 Å². The summed E-state index contributed by atoms with van der Waals surface area (Å²) in [5.74, 6) is 1.46. The molecule has 1 saturated heterocycles. The molecule has 2 aromatic heterocycles. The first kappa shape index (κ1) is 19.5. The Morgan fingerprint density at radius 1 is 1.03 bits per heavy atom. The first-order valence-electron chi connectivity index (χ1n) is 10.4. The van der Waals surface area contributed by atoms with Crippen LogP contribution in [0.1, 0.15) is 11.4 Å². The summed E-state index contributed by atoms with van der Waals surface area (Å²) in [7, 11) is 2.05. The van der Waals surface area contributed by atoms with Crippen LogP contribution in [0, 0.1) is 0 Å². The zero-order valence-electron chi connectivity index (χ0n) is 17.5. The van der Waals surface area contributed by atoms with Crippen molar-refractivity contribution in [2.45, 2.75) is 6.67 Å². The molecule has 0 atom stereocenters. The lowest BCUT2D eigenvalue weighted by atomic mass is 10.1. The van der Waals surface area contributed by atoms with Gasteiger partial charge in [-0.1, -0.05) is 30.3 Å². The molecular weight excluding hydrogens is 390 g/mol. The summed E-state index contributed by atoms with van der Waals surface area (Å²) in [6, 6.07) is 15.6. The van der Waals surface area contributed by atoms with Gasteiger partial charge in [-0.3, -0.25) is 4.90 Å². The van der Waals surface area contributed by atoms with Gasteiger partial charge in [0.2, 0.25) is 0 Å². The molecule has 1 N–H and O–H groups in total. The van der Waals surface area contributed by atoms with Crippen molar-refractivity contribution in [1.29, 1.82) is 0 Å². The smallest absolute Gasteiger partial charge is 0.174 e. The van der Waals surface area contributed by atoms with E-state index in [1.165, 1.54) is 10.9 Å². The Morgan fingerprint density at radius 2 is 1.81 bits per heavy atom. The van der Waals surface area contributed by atoms with Gasteiger partial charge in [0.1, 0.15) is 5.75 Å². The van der Waals surface area contributed by atoms with Crippen molar-refractivity contribution >= 4 is 23.1 Å². The number of rotatable bonds is 5. The van der Waals surface area contributed by atoms with E-state index in [1.54, 1.807) is 6.07 Å². The van der Waals surface area contributed by atoms with Gasteiger partial charge in [0, 0.05) is 42.8 Å². The zero-order valence-corrected chi connectivity index (χ0v) is 17.5. The summed E-state index contributed by atoms with van der Waals surface area (Å²) in [6.07, 6.45) is 6.09. The SMILES string of the molecule is Cn1cc(/C=C/c2nc(-c3ccccc3O)n(CN3CCOCC3)n2)c2ccccc21. The standard InChI is InChI=1S/C24H25N5O2/c1-27-16-18(19-6-2-4-8-21(19)27)10-11-23-25-24(20-7-3-5-9-22(20)30)29(26-23)17-28-12-14-31-15-13-28/h2-11,16,30H,12-15,17H2,1H3/b11-10+. The number of aromatic nitrogens is 4. The van der Waals surface area contributed by atoms with Crippen molar-refractivity contribution in [3.05, 3.63) is 66.1 Å². The van der Waals surface area contributed by atoms with E-state index in [9.17, 15) is 5.11 Å². The van der Waals surface area contributed by atoms with Gasteiger partial charge in [-0.15, -0.1) is 5.10 Å². The summed E-state index contributed by atoms with van der Waals surface area (Å²) < 4.78 is 9.44. The second-order valence-electron chi connectivity index (χ2n) is 7.73. The normalized spacial score (nSPS) is 15.3. The number of nitrogens with zero attached hydrogens (tertiary/aromatic N) is 5. The number of para-hydroxylation sites is 2. The number of morpholine rings is 1. The summed E-state index contributed by atoms with van der Waals surface area (Å²) >= 11 is 0. The van der Waals surface area contributed by atoms with Crippen LogP contribution in [0.3, 0.4) is 0 Å². The van der Waals surface area contributed by atoms with Crippen LogP contribution in [-0.4, -0.2) is 55.6 Å². The molecule has 1 aliphatic rings. The minimum Gasteiger partial charge on any atom is -0.507 e. The van der Waals surface area contributed by atoms with E-state index in [1.807, 2.05) is 54.2 Å². The molecule has 0 saturated carbocycles. The number of phenols is 1. The molecule has 4 aromatic rings. The Hall–Kier alpha value is -3.42. The third-order valence-corrected chi connectivity index (χ3v) is 5.61. The fraction of sp³-hybridized carbons (Fsp3) is 0.250. The average molecular weight is 415 g/mol. The van der Waals surface area contributed by atoms with E-state index in [0.29, 0.717) is 37.1 Å². The molecule has 0 bridgehead atoms. The third kappa shape index (κ3) is 3.97. The Morgan fingerprint density at radius 3 is 2.65 bits per heavy atom. The molecule has 5 rings (SSSR count). The maximum absolute atomic E-state index is 10.4. The van der Waals surface area contributed by atoms with Crippen molar-refractivity contribution in [3.63, 3.8) is 0 Å². The van der Waals surface area contributed by atoms with Crippen LogP contribution in [0.4, 0.5) is 0 Å². The molecule has 0 radical (unpaired) electrons. The van der Waals surface area contributed by atoms with Crippen LogP contribution in [0.15, 0.2) is 54.7 Å². The minimum atomic E-state index is 0.197. The van der Waals surface area contributed by atoms with Gasteiger partial charge in [-0.25, -0.2) is 9.67 Å². The summed E-state index contributed by atoms with van der Waals surface area (Å²) in [5.41, 5.74) is 2.97. The van der Waals surface area contributed by atoms with E-state index in [4.69, 9.17) is 14.8 Å². The van der Waals surface area contributed by atoms with Gasteiger partial charge in [0.05, 0.1) is 25.4 Å². The number of hydrogen-bond donors (Lipinski definition) is 1. The highest BCUT2D eigenvalue weighted by molar-refractivity contribution is 5.91. The second kappa shape index (κ2) is 8.37. The van der Waals surface area contributed by atoms with E-state index in [0.717, 1.165) is 18.7 Å². The summed E-state index contributed by atoms with van der Waals surface area (Å²) in [6.45, 7) is 3.73. The highest BCUT2D eigenvalue weighted by atomic mass is 16.5. The van der Waals surface area contributed by atoms with Crippen molar-refractivity contribution in [2.24, 2.45) is 7.05 Å². The van der Waals surface area contributed by atoms with Gasteiger partial charge in [0.15, 0.2) is 11.6 Å². The maximum atomic E-state index is 10.4. The first-order valence-corrected chi connectivity index (χ1v) is 10.4. The van der Waals surface area contributed by atoms with Gasteiger partial charge < -0.3 is 14.4 Å². The molecular formula is C24H25N5O2. The van der Waals surface area contributed by atoms with Crippen LogP contribution >= 0.6 is 0 Å². The summed E-state index contributed by atoms with van der Waals surface area (Å²) in [4.78, 5) is 7.03. The number of fused-ring (bicyclic) bond motifs is 1. The highest BCUT2D eigenvalue weighted by Gasteiger charge is 2.18. The number of ether oxygens (including phenoxy) is 1. The van der Waals surface area contributed by atoms with Crippen molar-refractivity contribution in [2.75, 3.05) is 26.3 Å². The maximum Gasteiger partial charge on any atom is 0.174 e. The van der Waals surface area contributed by atoms with Crippen LogP contribution < -0.4 is 0 Å². The van der Waals surface area contributed by atoms with Crippen molar-refractivity contribution < 1.29 is 9.84 Å². The van der Waals surface area contributed by atoms with Gasteiger partial charge >= 0.3 is 0 Å². The largest absolute Gasteiger partial charge is 0.507 e. The lowest BCUT2D eigenvalue weighted by Gasteiger charge is -2.26. The Kier molecular flexibility index (Phi) is 5.28. The minimum absolute atomic E-state index is 0.197. The molecule has 0 amide bonds. The summed E-state index contributed by atoms with van der Waals surface area (Å²) in [5, 5.41) is 16.3. The Balaban J connectivity index is 1.50. The predicted molar refractivity (Wildman–Crippen MR) is 121 cm³/mol. The van der Waals surface area contributed by atoms with Crippen LogP contribution in [0.25, 0.3) is 34.4 Å². The van der Waals surface area contributed by atoms with E-state index in [-0.39, 0.29) is 5.75 Å². The molecule has 3 heterocycles. The molecule has 1 aliphatic heterocycles. The van der Waals surface area contributed by atoms with Crippen molar-refractivity contribution in [3.8, 4) is 17.1 Å². The first-order chi connectivity index (χ1) is 15.2. The Labute approximate surface area is 180 Å². The molecule has 7 nitrogen and oxygen atoms in total. The predicted octanol–water partition coefficient (Wildman–Crippen LogP) is 3.60. The van der Waals surface area contributed by atoms with Crippen molar-refractivity contribution in [1.82, 2.24) is 24.2 Å². The van der Waals surface area contributed by atoms with Gasteiger partial charge in [0.25, 0.3) is 0 Å². The number of aromatic hydroxyl groups is 1. The Bertz CT molecular complexity index is 1230. The fourth-order valence-electron chi connectivity index (χ4n) is 3.99. The number of phenolic OH excluding ortho intramolecular Hbond substituents is 1. The monoisotopic (exact) mass is 415 g/mol. The third-order valence-electron chi connectivity index (χ3n) is 5.61. The number of aryl methyl sites for hydroxylation is 1. The quantitative estimate of drug-likeness (QED) is 0.539. The molecule has 1 fully saturated rings. The van der Waals surface area contributed by atoms with Gasteiger partial charge in [-0.05, 0) is 30.4 Å². The van der Waals surface area contributed by atoms with Crippen LogP contribution in [0.2, 0.25) is 0 Å². The molecule has 0 spiro atoms. The van der Waals surface area contributed by atoms with E-state index >= 15 is 0 Å². The topological polar surface area (TPSA) is 68.3 Å². The molecule has 0 aliphatic carbocycles. The molecule has 31 heavy (non-hydrogen) atoms. The van der Waals surface area contributed by atoms with Crippen LogP contribution in [0.5, 0.6) is 5.75 Å². The average Bonchev–Trinajstić information content (AvgIpc) is 3.34. The highest BCUT2D eigenvalue weighted by Crippen LogP contribution is 2.28.